The van der Waals surface area contributed by atoms with Crippen molar-refractivity contribution >= 4 is 12.0 Å². The number of nitrogens with zero attached hydrogens (tertiary/aromatic N) is 1. The summed E-state index contributed by atoms with van der Waals surface area (Å²) in [6.45, 7) is 2.75. The molecule has 2 saturated carbocycles. The first-order chi connectivity index (χ1) is 11.6. The molecule has 0 radical (unpaired) electrons. The van der Waals surface area contributed by atoms with Crippen LogP contribution in [0.15, 0.2) is 30.3 Å². The third-order valence-electron chi connectivity index (χ3n) is 5.04. The van der Waals surface area contributed by atoms with Crippen LogP contribution in [0.3, 0.4) is 0 Å². The van der Waals surface area contributed by atoms with Crippen molar-refractivity contribution < 1.29 is 14.7 Å². The minimum absolute atomic E-state index is 0.0704. The van der Waals surface area contributed by atoms with Gasteiger partial charge in [0.25, 0.3) is 0 Å². The van der Waals surface area contributed by atoms with Crippen molar-refractivity contribution in [3.8, 4) is 0 Å². The molecule has 3 rings (SSSR count). The Kier molecular flexibility index (Phi) is 5.04. The number of aliphatic carboxylic acids is 1. The molecule has 24 heavy (non-hydrogen) atoms. The van der Waals surface area contributed by atoms with Gasteiger partial charge in [0, 0.05) is 24.0 Å². The molecule has 130 valence electrons. The van der Waals surface area contributed by atoms with E-state index in [4.69, 9.17) is 5.11 Å². The fraction of sp³-hybridized carbons (Fsp3) is 0.556. The predicted molar refractivity (Wildman–Crippen MR) is 90.9 cm³/mol. The maximum atomic E-state index is 12.1. The van der Waals surface area contributed by atoms with Crippen molar-refractivity contribution in [2.45, 2.75) is 50.2 Å². The standard InChI is InChI=1S/C18H25N3O3/c1-2-21(11-17(22)23)14-8-13(9-14)19-18(24)20-16-10-15(16)12-6-4-3-5-7-12/h3-7,13-16H,2,8-11H2,1H3,(H,22,23)(H2,19,20,24). The Morgan fingerprint density at radius 2 is 1.88 bits per heavy atom. The minimum Gasteiger partial charge on any atom is -0.480 e. The fourth-order valence-electron chi connectivity index (χ4n) is 3.50. The third-order valence-corrected chi connectivity index (χ3v) is 5.04. The first-order valence-electron chi connectivity index (χ1n) is 8.64. The van der Waals surface area contributed by atoms with Crippen molar-refractivity contribution in [2.75, 3.05) is 13.1 Å². The Morgan fingerprint density at radius 1 is 1.17 bits per heavy atom. The number of carboxylic acid groups (broad SMARTS) is 1. The zero-order valence-corrected chi connectivity index (χ0v) is 13.9. The SMILES string of the molecule is CCN(CC(=O)O)C1CC(NC(=O)NC2CC2c2ccccc2)C1. The van der Waals surface area contributed by atoms with Crippen molar-refractivity contribution in [3.05, 3.63) is 35.9 Å². The lowest BCUT2D eigenvalue weighted by Gasteiger charge is -2.42. The molecule has 0 aliphatic heterocycles. The second kappa shape index (κ2) is 7.21. The van der Waals surface area contributed by atoms with E-state index in [9.17, 15) is 9.59 Å². The zero-order chi connectivity index (χ0) is 17.1. The predicted octanol–water partition coefficient (Wildman–Crippen LogP) is 1.78. The van der Waals surface area contributed by atoms with E-state index in [0.29, 0.717) is 5.92 Å². The van der Waals surface area contributed by atoms with Crippen LogP contribution >= 0.6 is 0 Å². The second-order valence-corrected chi connectivity index (χ2v) is 6.76. The second-order valence-electron chi connectivity index (χ2n) is 6.76. The van der Waals surface area contributed by atoms with Gasteiger partial charge in [0.15, 0.2) is 0 Å². The smallest absolute Gasteiger partial charge is 0.317 e. The molecule has 6 heteroatoms. The summed E-state index contributed by atoms with van der Waals surface area (Å²) in [5.41, 5.74) is 1.28. The fourth-order valence-corrected chi connectivity index (χ4v) is 3.50. The Balaban J connectivity index is 1.37. The average molecular weight is 331 g/mol. The Hall–Kier alpha value is -2.08. The molecule has 0 saturated heterocycles. The maximum absolute atomic E-state index is 12.1. The number of carbonyl (C=O) groups excluding carboxylic acids is 1. The van der Waals surface area contributed by atoms with Crippen molar-refractivity contribution in [2.24, 2.45) is 0 Å². The van der Waals surface area contributed by atoms with E-state index < -0.39 is 5.97 Å². The van der Waals surface area contributed by atoms with Gasteiger partial charge < -0.3 is 15.7 Å². The van der Waals surface area contributed by atoms with E-state index in [1.54, 1.807) is 0 Å². The molecule has 2 fully saturated rings. The highest BCUT2D eigenvalue weighted by Crippen LogP contribution is 2.40. The van der Waals surface area contributed by atoms with Crippen LogP contribution in [-0.4, -0.2) is 53.2 Å². The average Bonchev–Trinajstić information content (AvgIpc) is 3.28. The Labute approximate surface area is 142 Å². The number of hydrogen-bond donors (Lipinski definition) is 3. The van der Waals surface area contributed by atoms with Gasteiger partial charge in [0.1, 0.15) is 0 Å². The van der Waals surface area contributed by atoms with Crippen LogP contribution in [0.2, 0.25) is 0 Å². The van der Waals surface area contributed by atoms with Gasteiger partial charge in [-0.1, -0.05) is 37.3 Å². The Bertz CT molecular complexity index is 586. The van der Waals surface area contributed by atoms with Crippen molar-refractivity contribution in [3.63, 3.8) is 0 Å². The van der Waals surface area contributed by atoms with Gasteiger partial charge in [-0.25, -0.2) is 4.79 Å². The van der Waals surface area contributed by atoms with Gasteiger partial charge in [-0.05, 0) is 31.4 Å². The molecule has 2 atom stereocenters. The molecular weight excluding hydrogens is 306 g/mol. The summed E-state index contributed by atoms with van der Waals surface area (Å²) >= 11 is 0. The van der Waals surface area contributed by atoms with Crippen LogP contribution in [0.5, 0.6) is 0 Å². The van der Waals surface area contributed by atoms with Gasteiger partial charge in [-0.15, -0.1) is 0 Å². The summed E-state index contributed by atoms with van der Waals surface area (Å²) in [5.74, 6) is -0.371. The molecular formula is C18H25N3O3. The number of carboxylic acids is 1. The minimum atomic E-state index is -0.799. The molecule has 0 spiro atoms. The summed E-state index contributed by atoms with van der Waals surface area (Å²) in [6, 6.07) is 10.8. The largest absolute Gasteiger partial charge is 0.480 e. The van der Waals surface area contributed by atoms with E-state index in [0.717, 1.165) is 25.8 Å². The first kappa shape index (κ1) is 16.8. The quantitative estimate of drug-likeness (QED) is 0.711. The van der Waals surface area contributed by atoms with Crippen molar-refractivity contribution in [1.82, 2.24) is 15.5 Å². The molecule has 2 aliphatic rings. The van der Waals surface area contributed by atoms with Gasteiger partial charge >= 0.3 is 12.0 Å². The number of likely N-dealkylation sites (N-methyl/N-ethyl adjacent to an activating group) is 1. The van der Waals surface area contributed by atoms with Crippen LogP contribution < -0.4 is 10.6 Å². The van der Waals surface area contributed by atoms with Gasteiger partial charge in [-0.2, -0.15) is 0 Å². The molecule has 0 heterocycles. The summed E-state index contributed by atoms with van der Waals surface area (Å²) in [5, 5.41) is 14.9. The number of carbonyl (C=O) groups is 2. The maximum Gasteiger partial charge on any atom is 0.317 e. The highest BCUT2D eigenvalue weighted by atomic mass is 16.4. The van der Waals surface area contributed by atoms with E-state index in [1.807, 2.05) is 30.0 Å². The van der Waals surface area contributed by atoms with Crippen LogP contribution in [0.25, 0.3) is 0 Å². The monoisotopic (exact) mass is 331 g/mol. The number of hydrogen-bond acceptors (Lipinski definition) is 3. The highest BCUT2D eigenvalue weighted by Gasteiger charge is 2.40. The number of amides is 2. The number of rotatable bonds is 7. The van der Waals surface area contributed by atoms with Crippen LogP contribution in [0.4, 0.5) is 4.79 Å². The van der Waals surface area contributed by atoms with E-state index in [-0.39, 0.29) is 30.7 Å². The molecule has 0 bridgehead atoms. The lowest BCUT2D eigenvalue weighted by Crippen LogP contribution is -2.56. The summed E-state index contributed by atoms with van der Waals surface area (Å²) in [7, 11) is 0. The van der Waals surface area contributed by atoms with Crippen molar-refractivity contribution in [1.29, 1.82) is 0 Å². The lowest BCUT2D eigenvalue weighted by molar-refractivity contribution is -0.139. The molecule has 0 aromatic heterocycles. The van der Waals surface area contributed by atoms with Gasteiger partial charge in [-0.3, -0.25) is 9.69 Å². The molecule has 2 unspecified atom stereocenters. The Morgan fingerprint density at radius 3 is 2.50 bits per heavy atom. The molecule has 2 aliphatic carbocycles. The number of urea groups is 1. The molecule has 6 nitrogen and oxygen atoms in total. The molecule has 1 aromatic carbocycles. The third kappa shape index (κ3) is 4.06. The van der Waals surface area contributed by atoms with Gasteiger partial charge in [0.05, 0.1) is 6.54 Å². The lowest BCUT2D eigenvalue weighted by atomic mass is 9.85. The summed E-state index contributed by atoms with van der Waals surface area (Å²) < 4.78 is 0. The number of nitrogens with one attached hydrogen (secondary N) is 2. The van der Waals surface area contributed by atoms with E-state index in [2.05, 4.69) is 22.8 Å². The van der Waals surface area contributed by atoms with E-state index in [1.165, 1.54) is 5.56 Å². The topological polar surface area (TPSA) is 81.7 Å². The first-order valence-corrected chi connectivity index (χ1v) is 8.64. The zero-order valence-electron chi connectivity index (χ0n) is 13.9. The normalized spacial score (nSPS) is 28.1. The van der Waals surface area contributed by atoms with E-state index >= 15 is 0 Å². The van der Waals surface area contributed by atoms with Gasteiger partial charge in [0.2, 0.25) is 0 Å². The summed E-state index contributed by atoms with van der Waals surface area (Å²) in [6.07, 6.45) is 2.63. The summed E-state index contributed by atoms with van der Waals surface area (Å²) in [4.78, 5) is 24.8. The molecule has 2 amide bonds. The van der Waals surface area contributed by atoms with Crippen LogP contribution in [0, 0.1) is 0 Å². The van der Waals surface area contributed by atoms with Crippen LogP contribution in [0.1, 0.15) is 37.7 Å². The molecule has 3 N–H and O–H groups in total. The number of benzene rings is 1. The molecule has 1 aromatic rings. The highest BCUT2D eigenvalue weighted by molar-refractivity contribution is 5.75. The van der Waals surface area contributed by atoms with Crippen LogP contribution in [-0.2, 0) is 4.79 Å².